The molecular weight excluding hydrogens is 286 g/mol. The van der Waals surface area contributed by atoms with Gasteiger partial charge in [0.15, 0.2) is 0 Å². The van der Waals surface area contributed by atoms with Gasteiger partial charge in [-0.2, -0.15) is 0 Å². The maximum absolute atomic E-state index is 12.3. The van der Waals surface area contributed by atoms with Crippen LogP contribution in [0, 0.1) is 0 Å². The lowest BCUT2D eigenvalue weighted by atomic mass is 9.96. The summed E-state index contributed by atoms with van der Waals surface area (Å²) in [6.07, 6.45) is 0. The van der Waals surface area contributed by atoms with Gasteiger partial charge in [-0.1, -0.05) is 17.7 Å². The summed E-state index contributed by atoms with van der Waals surface area (Å²) < 4.78 is 0. The first-order valence-electron chi connectivity index (χ1n) is 6.79. The van der Waals surface area contributed by atoms with Crippen molar-refractivity contribution in [3.05, 3.63) is 64.2 Å². The van der Waals surface area contributed by atoms with Gasteiger partial charge in [-0.3, -0.25) is 4.79 Å². The molecule has 1 amide bonds. The van der Waals surface area contributed by atoms with Gasteiger partial charge in [0.1, 0.15) is 0 Å². The third-order valence-electron chi connectivity index (χ3n) is 3.62. The molecule has 1 unspecified atom stereocenters. The Hall–Kier alpha value is -2.04. The fraction of sp³-hybridized carbons (Fsp3) is 0.188. The molecule has 21 heavy (non-hydrogen) atoms. The van der Waals surface area contributed by atoms with E-state index in [1.807, 2.05) is 18.2 Å². The molecular formula is C16H16ClN3O. The van der Waals surface area contributed by atoms with Gasteiger partial charge in [0, 0.05) is 29.4 Å². The molecule has 0 spiro atoms. The largest absolute Gasteiger partial charge is 0.399 e. The molecule has 5 heteroatoms. The second kappa shape index (κ2) is 5.76. The molecule has 1 aliphatic rings. The van der Waals surface area contributed by atoms with Crippen LogP contribution in [0.15, 0.2) is 42.5 Å². The van der Waals surface area contributed by atoms with Gasteiger partial charge in [-0.05, 0) is 47.5 Å². The van der Waals surface area contributed by atoms with Gasteiger partial charge < -0.3 is 16.4 Å². The van der Waals surface area contributed by atoms with Gasteiger partial charge in [0.2, 0.25) is 0 Å². The third kappa shape index (κ3) is 3.01. The van der Waals surface area contributed by atoms with Crippen LogP contribution < -0.4 is 16.4 Å². The van der Waals surface area contributed by atoms with Crippen LogP contribution in [0.25, 0.3) is 0 Å². The van der Waals surface area contributed by atoms with Gasteiger partial charge >= 0.3 is 0 Å². The van der Waals surface area contributed by atoms with Crippen molar-refractivity contribution >= 4 is 23.2 Å². The van der Waals surface area contributed by atoms with E-state index in [2.05, 4.69) is 10.6 Å². The Balaban J connectivity index is 1.80. The summed E-state index contributed by atoms with van der Waals surface area (Å²) in [5, 5.41) is 7.05. The summed E-state index contributed by atoms with van der Waals surface area (Å²) in [6, 6.07) is 12.6. The Morgan fingerprint density at radius 1 is 1.24 bits per heavy atom. The van der Waals surface area contributed by atoms with E-state index in [0.717, 1.165) is 17.7 Å². The van der Waals surface area contributed by atoms with Crippen LogP contribution in [0.1, 0.15) is 27.5 Å². The number of amides is 1. The number of nitrogens with two attached hydrogens (primary N) is 1. The molecule has 4 nitrogen and oxygen atoms in total. The van der Waals surface area contributed by atoms with Gasteiger partial charge in [-0.15, -0.1) is 0 Å². The molecule has 1 heterocycles. The number of fused-ring (bicyclic) bond motifs is 1. The zero-order valence-corrected chi connectivity index (χ0v) is 12.2. The number of halogens is 1. The van der Waals surface area contributed by atoms with Crippen LogP contribution in [-0.4, -0.2) is 12.5 Å². The predicted octanol–water partition coefficient (Wildman–Crippen LogP) is 2.50. The van der Waals surface area contributed by atoms with E-state index in [1.165, 1.54) is 0 Å². The quantitative estimate of drug-likeness (QED) is 0.747. The molecule has 2 aromatic rings. The first-order chi connectivity index (χ1) is 10.1. The van der Waals surface area contributed by atoms with E-state index in [-0.39, 0.29) is 11.9 Å². The molecule has 0 radical (unpaired) electrons. The Kier molecular flexibility index (Phi) is 3.82. The highest BCUT2D eigenvalue weighted by Crippen LogP contribution is 2.25. The van der Waals surface area contributed by atoms with Crippen molar-refractivity contribution in [2.75, 3.05) is 12.3 Å². The minimum atomic E-state index is -0.107. The van der Waals surface area contributed by atoms with E-state index < -0.39 is 0 Å². The highest BCUT2D eigenvalue weighted by Gasteiger charge is 2.22. The highest BCUT2D eigenvalue weighted by molar-refractivity contribution is 6.30. The van der Waals surface area contributed by atoms with E-state index in [0.29, 0.717) is 22.8 Å². The van der Waals surface area contributed by atoms with Crippen molar-refractivity contribution in [3.8, 4) is 0 Å². The molecule has 0 aliphatic carbocycles. The number of carbonyl (C=O) groups is 1. The number of benzene rings is 2. The zero-order chi connectivity index (χ0) is 14.8. The number of hydrogen-bond acceptors (Lipinski definition) is 3. The molecule has 1 aliphatic heterocycles. The van der Waals surface area contributed by atoms with Gasteiger partial charge in [0.25, 0.3) is 5.91 Å². The lowest BCUT2D eigenvalue weighted by Gasteiger charge is -2.27. The summed E-state index contributed by atoms with van der Waals surface area (Å²) in [5.41, 5.74) is 9.12. The van der Waals surface area contributed by atoms with Crippen molar-refractivity contribution in [3.63, 3.8) is 0 Å². The maximum atomic E-state index is 12.3. The Labute approximate surface area is 128 Å². The monoisotopic (exact) mass is 301 g/mol. The molecule has 0 saturated heterocycles. The lowest BCUT2D eigenvalue weighted by Crippen LogP contribution is -2.39. The number of nitrogens with one attached hydrogen (secondary N) is 2. The standard InChI is InChI=1S/C16H16ClN3O/c17-12-3-6-14-11(7-12)8-19-9-15(14)20-16(21)10-1-4-13(18)5-2-10/h1-7,15,19H,8-9,18H2,(H,20,21). The van der Waals surface area contributed by atoms with Crippen LogP contribution in [0.2, 0.25) is 5.02 Å². The number of anilines is 1. The van der Waals surface area contributed by atoms with E-state index >= 15 is 0 Å². The summed E-state index contributed by atoms with van der Waals surface area (Å²) in [7, 11) is 0. The summed E-state index contributed by atoms with van der Waals surface area (Å²) in [4.78, 5) is 12.3. The van der Waals surface area contributed by atoms with Crippen molar-refractivity contribution in [1.29, 1.82) is 0 Å². The van der Waals surface area contributed by atoms with Crippen LogP contribution in [0.4, 0.5) is 5.69 Å². The lowest BCUT2D eigenvalue weighted by molar-refractivity contribution is 0.0934. The topological polar surface area (TPSA) is 67.2 Å². The number of rotatable bonds is 2. The molecule has 4 N–H and O–H groups in total. The fourth-order valence-electron chi connectivity index (χ4n) is 2.53. The molecule has 3 rings (SSSR count). The smallest absolute Gasteiger partial charge is 0.251 e. The number of hydrogen-bond donors (Lipinski definition) is 3. The SMILES string of the molecule is Nc1ccc(C(=O)NC2CNCc3cc(Cl)ccc32)cc1. The minimum Gasteiger partial charge on any atom is -0.399 e. The summed E-state index contributed by atoms with van der Waals surface area (Å²) in [5.74, 6) is -0.107. The Morgan fingerprint density at radius 2 is 2.00 bits per heavy atom. The van der Waals surface area contributed by atoms with Crippen molar-refractivity contribution < 1.29 is 4.79 Å². The third-order valence-corrected chi connectivity index (χ3v) is 3.86. The van der Waals surface area contributed by atoms with Crippen LogP contribution in [-0.2, 0) is 6.54 Å². The van der Waals surface area contributed by atoms with Gasteiger partial charge in [-0.25, -0.2) is 0 Å². The van der Waals surface area contributed by atoms with Gasteiger partial charge in [0.05, 0.1) is 6.04 Å². The molecule has 0 saturated carbocycles. The summed E-state index contributed by atoms with van der Waals surface area (Å²) in [6.45, 7) is 1.47. The van der Waals surface area contributed by atoms with Crippen LogP contribution >= 0.6 is 11.6 Å². The number of carbonyl (C=O) groups excluding carboxylic acids is 1. The molecule has 0 aromatic heterocycles. The van der Waals surface area contributed by atoms with Crippen molar-refractivity contribution in [2.45, 2.75) is 12.6 Å². The second-order valence-electron chi connectivity index (χ2n) is 5.12. The van der Waals surface area contributed by atoms with E-state index in [1.54, 1.807) is 24.3 Å². The summed E-state index contributed by atoms with van der Waals surface area (Å²) >= 11 is 6.01. The Bertz CT molecular complexity index is 670. The number of nitrogen functional groups attached to an aromatic ring is 1. The first-order valence-corrected chi connectivity index (χ1v) is 7.17. The molecule has 1 atom stereocenters. The van der Waals surface area contributed by atoms with E-state index in [4.69, 9.17) is 17.3 Å². The minimum absolute atomic E-state index is 0.0592. The van der Waals surface area contributed by atoms with Crippen LogP contribution in [0.3, 0.4) is 0 Å². The molecule has 108 valence electrons. The van der Waals surface area contributed by atoms with Crippen LogP contribution in [0.5, 0.6) is 0 Å². The Morgan fingerprint density at radius 3 is 2.76 bits per heavy atom. The molecule has 0 fully saturated rings. The fourth-order valence-corrected chi connectivity index (χ4v) is 2.73. The first kappa shape index (κ1) is 13.9. The second-order valence-corrected chi connectivity index (χ2v) is 5.56. The average Bonchev–Trinajstić information content (AvgIpc) is 2.47. The normalized spacial score (nSPS) is 17.1. The molecule has 0 bridgehead atoms. The van der Waals surface area contributed by atoms with E-state index in [9.17, 15) is 4.79 Å². The van der Waals surface area contributed by atoms with Crippen molar-refractivity contribution in [2.24, 2.45) is 0 Å². The average molecular weight is 302 g/mol. The van der Waals surface area contributed by atoms with Crippen molar-refractivity contribution in [1.82, 2.24) is 10.6 Å². The maximum Gasteiger partial charge on any atom is 0.251 e. The predicted molar refractivity (Wildman–Crippen MR) is 84.2 cm³/mol. The molecule has 2 aromatic carbocycles. The zero-order valence-electron chi connectivity index (χ0n) is 11.4. The highest BCUT2D eigenvalue weighted by atomic mass is 35.5.